The van der Waals surface area contributed by atoms with Crippen LogP contribution >= 0.6 is 0 Å². The highest BCUT2D eigenvalue weighted by atomic mass is 19.1. The standard InChI is InChI=1S/C15H9F3N2O/c1-8-2-4-11(17)13(14(8)18)15(21)20-12-5-3-10(16)6-9(12)7-19/h2-6H,1H3,(H,20,21). The molecule has 0 aliphatic rings. The van der Waals surface area contributed by atoms with Crippen LogP contribution < -0.4 is 5.32 Å². The van der Waals surface area contributed by atoms with Crippen LogP contribution in [0.5, 0.6) is 0 Å². The van der Waals surface area contributed by atoms with Gasteiger partial charge in [-0.25, -0.2) is 13.2 Å². The van der Waals surface area contributed by atoms with E-state index >= 15 is 0 Å². The first-order chi connectivity index (χ1) is 9.93. The van der Waals surface area contributed by atoms with Crippen molar-refractivity contribution in [2.75, 3.05) is 5.32 Å². The molecule has 0 heterocycles. The monoisotopic (exact) mass is 290 g/mol. The number of aryl methyl sites for hydroxylation is 1. The van der Waals surface area contributed by atoms with Gasteiger partial charge in [0.1, 0.15) is 29.1 Å². The molecular formula is C15H9F3N2O. The van der Waals surface area contributed by atoms with E-state index in [9.17, 15) is 18.0 Å². The van der Waals surface area contributed by atoms with Crippen molar-refractivity contribution in [2.24, 2.45) is 0 Å². The molecule has 1 N–H and O–H groups in total. The molecule has 0 fully saturated rings. The average molecular weight is 290 g/mol. The maximum absolute atomic E-state index is 13.8. The first kappa shape index (κ1) is 14.6. The van der Waals surface area contributed by atoms with Gasteiger partial charge in [-0.3, -0.25) is 4.79 Å². The van der Waals surface area contributed by atoms with Crippen molar-refractivity contribution in [2.45, 2.75) is 6.92 Å². The van der Waals surface area contributed by atoms with Gasteiger partial charge in [0.05, 0.1) is 11.3 Å². The number of hydrogen-bond donors (Lipinski definition) is 1. The van der Waals surface area contributed by atoms with E-state index in [4.69, 9.17) is 5.26 Å². The summed E-state index contributed by atoms with van der Waals surface area (Å²) in [5, 5.41) is 11.1. The third-order valence-electron chi connectivity index (χ3n) is 2.86. The van der Waals surface area contributed by atoms with Crippen molar-refractivity contribution in [3.05, 3.63) is 64.5 Å². The van der Waals surface area contributed by atoms with Gasteiger partial charge in [0.15, 0.2) is 0 Å². The summed E-state index contributed by atoms with van der Waals surface area (Å²) in [6.07, 6.45) is 0. The molecule has 6 heteroatoms. The van der Waals surface area contributed by atoms with Crippen molar-refractivity contribution < 1.29 is 18.0 Å². The van der Waals surface area contributed by atoms with E-state index in [0.717, 1.165) is 24.3 Å². The van der Waals surface area contributed by atoms with Gasteiger partial charge in [-0.05, 0) is 36.8 Å². The van der Waals surface area contributed by atoms with Gasteiger partial charge in [-0.2, -0.15) is 5.26 Å². The molecule has 0 aromatic heterocycles. The lowest BCUT2D eigenvalue weighted by atomic mass is 10.1. The maximum atomic E-state index is 13.8. The average Bonchev–Trinajstić information content (AvgIpc) is 2.45. The minimum absolute atomic E-state index is 0.0239. The molecule has 3 nitrogen and oxygen atoms in total. The summed E-state index contributed by atoms with van der Waals surface area (Å²) >= 11 is 0. The Hall–Kier alpha value is -2.81. The number of carbonyl (C=O) groups excluding carboxylic acids is 1. The summed E-state index contributed by atoms with van der Waals surface area (Å²) in [7, 11) is 0. The number of nitrogens with one attached hydrogen (secondary N) is 1. The minimum Gasteiger partial charge on any atom is -0.321 e. The fourth-order valence-electron chi connectivity index (χ4n) is 1.77. The second kappa shape index (κ2) is 5.67. The second-order valence-electron chi connectivity index (χ2n) is 4.31. The second-order valence-corrected chi connectivity index (χ2v) is 4.31. The molecule has 0 atom stereocenters. The lowest BCUT2D eigenvalue weighted by Crippen LogP contribution is -2.17. The number of amides is 1. The number of anilines is 1. The Morgan fingerprint density at radius 2 is 1.90 bits per heavy atom. The van der Waals surface area contributed by atoms with Gasteiger partial charge in [0, 0.05) is 0 Å². The van der Waals surface area contributed by atoms with Crippen LogP contribution in [0.25, 0.3) is 0 Å². The minimum atomic E-state index is -1.04. The molecule has 2 rings (SSSR count). The summed E-state index contributed by atoms with van der Waals surface area (Å²) in [6, 6.07) is 6.97. The summed E-state index contributed by atoms with van der Waals surface area (Å²) in [5.74, 6) is -3.70. The zero-order chi connectivity index (χ0) is 15.6. The Kier molecular flexibility index (Phi) is 3.94. The summed E-state index contributed by atoms with van der Waals surface area (Å²) in [4.78, 5) is 12.0. The van der Waals surface area contributed by atoms with E-state index in [0.29, 0.717) is 0 Å². The number of benzene rings is 2. The highest BCUT2D eigenvalue weighted by molar-refractivity contribution is 6.05. The third kappa shape index (κ3) is 2.87. The van der Waals surface area contributed by atoms with E-state index in [1.54, 1.807) is 6.07 Å². The third-order valence-corrected chi connectivity index (χ3v) is 2.86. The van der Waals surface area contributed by atoms with Crippen molar-refractivity contribution >= 4 is 11.6 Å². The molecule has 0 saturated carbocycles. The van der Waals surface area contributed by atoms with Crippen LogP contribution in [0.2, 0.25) is 0 Å². The molecule has 0 unspecified atom stereocenters. The molecule has 1 amide bonds. The fraction of sp³-hybridized carbons (Fsp3) is 0.0667. The highest BCUT2D eigenvalue weighted by Crippen LogP contribution is 2.20. The number of halogens is 3. The van der Waals surface area contributed by atoms with E-state index < -0.39 is 28.9 Å². The first-order valence-electron chi connectivity index (χ1n) is 5.89. The molecule has 2 aromatic carbocycles. The van der Waals surface area contributed by atoms with Crippen LogP contribution in [0.4, 0.5) is 18.9 Å². The lowest BCUT2D eigenvalue weighted by Gasteiger charge is -2.09. The zero-order valence-corrected chi connectivity index (χ0v) is 10.9. The van der Waals surface area contributed by atoms with Crippen LogP contribution in [0.15, 0.2) is 30.3 Å². The van der Waals surface area contributed by atoms with E-state index in [-0.39, 0.29) is 16.8 Å². The van der Waals surface area contributed by atoms with Gasteiger partial charge < -0.3 is 5.32 Å². The molecular weight excluding hydrogens is 281 g/mol. The molecule has 0 saturated heterocycles. The van der Waals surface area contributed by atoms with Gasteiger partial charge >= 0.3 is 0 Å². The molecule has 0 spiro atoms. The van der Waals surface area contributed by atoms with Crippen molar-refractivity contribution in [1.82, 2.24) is 0 Å². The molecule has 0 aliphatic heterocycles. The lowest BCUT2D eigenvalue weighted by molar-refractivity contribution is 0.101. The maximum Gasteiger partial charge on any atom is 0.261 e. The number of carbonyl (C=O) groups is 1. The van der Waals surface area contributed by atoms with Gasteiger partial charge in [0.2, 0.25) is 0 Å². The Bertz CT molecular complexity index is 766. The normalized spacial score (nSPS) is 10.0. The SMILES string of the molecule is Cc1ccc(F)c(C(=O)Nc2ccc(F)cc2C#N)c1F. The summed E-state index contributed by atoms with van der Waals surface area (Å²) < 4.78 is 40.4. The quantitative estimate of drug-likeness (QED) is 0.919. The van der Waals surface area contributed by atoms with Gasteiger partial charge in [-0.15, -0.1) is 0 Å². The van der Waals surface area contributed by atoms with Gasteiger partial charge in [-0.1, -0.05) is 6.07 Å². The Labute approximate surface area is 118 Å². The highest BCUT2D eigenvalue weighted by Gasteiger charge is 2.20. The van der Waals surface area contributed by atoms with Crippen LogP contribution in [0.3, 0.4) is 0 Å². The molecule has 21 heavy (non-hydrogen) atoms. The number of nitrogens with zero attached hydrogens (tertiary/aromatic N) is 1. The summed E-state index contributed by atoms with van der Waals surface area (Å²) in [6.45, 7) is 1.39. The molecule has 0 bridgehead atoms. The Morgan fingerprint density at radius 3 is 2.57 bits per heavy atom. The Balaban J connectivity index is 2.40. The van der Waals surface area contributed by atoms with Crippen molar-refractivity contribution in [1.29, 1.82) is 5.26 Å². The van der Waals surface area contributed by atoms with E-state index in [1.807, 2.05) is 0 Å². The smallest absolute Gasteiger partial charge is 0.261 e. The molecule has 0 aliphatic carbocycles. The van der Waals surface area contributed by atoms with Crippen LogP contribution in [-0.2, 0) is 0 Å². The summed E-state index contributed by atoms with van der Waals surface area (Å²) in [5.41, 5.74) is -0.801. The number of nitriles is 1. The topological polar surface area (TPSA) is 52.9 Å². The van der Waals surface area contributed by atoms with E-state index in [1.165, 1.54) is 13.0 Å². The molecule has 2 aromatic rings. The van der Waals surface area contributed by atoms with Crippen molar-refractivity contribution in [3.63, 3.8) is 0 Å². The van der Waals surface area contributed by atoms with Crippen LogP contribution in [0, 0.1) is 35.7 Å². The predicted molar refractivity (Wildman–Crippen MR) is 70.2 cm³/mol. The predicted octanol–water partition coefficient (Wildman–Crippen LogP) is 3.54. The van der Waals surface area contributed by atoms with Crippen LogP contribution in [-0.4, -0.2) is 5.91 Å². The largest absolute Gasteiger partial charge is 0.321 e. The van der Waals surface area contributed by atoms with Gasteiger partial charge in [0.25, 0.3) is 5.91 Å². The first-order valence-corrected chi connectivity index (χ1v) is 5.89. The fourth-order valence-corrected chi connectivity index (χ4v) is 1.77. The van der Waals surface area contributed by atoms with Crippen LogP contribution in [0.1, 0.15) is 21.5 Å². The molecule has 0 radical (unpaired) electrons. The Morgan fingerprint density at radius 1 is 1.19 bits per heavy atom. The van der Waals surface area contributed by atoms with Crippen molar-refractivity contribution in [3.8, 4) is 6.07 Å². The van der Waals surface area contributed by atoms with E-state index in [2.05, 4.69) is 5.32 Å². The number of rotatable bonds is 2. The number of hydrogen-bond acceptors (Lipinski definition) is 2. The molecule has 106 valence electrons. The zero-order valence-electron chi connectivity index (χ0n) is 10.9.